The molecule has 0 aromatic heterocycles. The predicted octanol–water partition coefficient (Wildman–Crippen LogP) is 20.6. The highest BCUT2D eigenvalue weighted by atomic mass is 16.6. The lowest BCUT2D eigenvalue weighted by Gasteiger charge is -2.18. The van der Waals surface area contributed by atoms with Crippen molar-refractivity contribution in [3.63, 3.8) is 0 Å². The Morgan fingerprint density at radius 1 is 0.284 bits per heavy atom. The highest BCUT2D eigenvalue weighted by molar-refractivity contribution is 5.71. The number of carbonyl (C=O) groups is 3. The van der Waals surface area contributed by atoms with Gasteiger partial charge in [-0.05, 0) is 135 Å². The van der Waals surface area contributed by atoms with Crippen molar-refractivity contribution in [1.82, 2.24) is 0 Å². The molecule has 0 heterocycles. The molecule has 0 aromatic carbocycles. The zero-order chi connectivity index (χ0) is 53.6. The first-order chi connectivity index (χ1) is 36.5. The number of carbonyl (C=O) groups excluding carboxylic acids is 3. The van der Waals surface area contributed by atoms with Crippen LogP contribution >= 0.6 is 0 Å². The number of unbranched alkanes of at least 4 members (excludes halogenated alkanes) is 20. The largest absolute Gasteiger partial charge is 0.462 e. The third-order valence-electron chi connectivity index (χ3n) is 12.4. The Bertz CT molecular complexity index is 1600. The van der Waals surface area contributed by atoms with Crippen molar-refractivity contribution in [3.8, 4) is 0 Å². The van der Waals surface area contributed by atoms with Gasteiger partial charge in [-0.15, -0.1) is 0 Å². The van der Waals surface area contributed by atoms with Gasteiger partial charge >= 0.3 is 17.9 Å². The van der Waals surface area contributed by atoms with Crippen LogP contribution in [0.15, 0.2) is 134 Å². The van der Waals surface area contributed by atoms with Gasteiger partial charge in [0.1, 0.15) is 13.2 Å². The summed E-state index contributed by atoms with van der Waals surface area (Å²) in [6.45, 7) is 6.42. The van der Waals surface area contributed by atoms with Gasteiger partial charge in [0.25, 0.3) is 0 Å². The fourth-order valence-electron chi connectivity index (χ4n) is 7.82. The van der Waals surface area contributed by atoms with E-state index in [2.05, 4.69) is 154 Å². The molecule has 74 heavy (non-hydrogen) atoms. The van der Waals surface area contributed by atoms with E-state index in [-0.39, 0.29) is 31.1 Å². The molecular weight excluding hydrogens is 913 g/mol. The first-order valence-corrected chi connectivity index (χ1v) is 30.2. The molecule has 0 fully saturated rings. The zero-order valence-corrected chi connectivity index (χ0v) is 47.8. The number of allylic oxidation sites excluding steroid dienone is 22. The molecule has 6 heteroatoms. The molecule has 1 unspecified atom stereocenters. The number of esters is 3. The van der Waals surface area contributed by atoms with Gasteiger partial charge in [0.05, 0.1) is 0 Å². The number of rotatable bonds is 53. The molecule has 418 valence electrons. The van der Waals surface area contributed by atoms with E-state index < -0.39 is 6.10 Å². The fraction of sp³-hybridized carbons (Fsp3) is 0.632. The molecule has 0 saturated heterocycles. The molecule has 0 rings (SSSR count). The van der Waals surface area contributed by atoms with Gasteiger partial charge in [-0.1, -0.05) is 238 Å². The maximum Gasteiger partial charge on any atom is 0.306 e. The van der Waals surface area contributed by atoms with E-state index in [0.717, 1.165) is 161 Å². The van der Waals surface area contributed by atoms with Crippen molar-refractivity contribution in [2.75, 3.05) is 13.2 Å². The van der Waals surface area contributed by atoms with E-state index in [1.165, 1.54) is 57.8 Å². The summed E-state index contributed by atoms with van der Waals surface area (Å²) in [4.78, 5) is 38.1. The summed E-state index contributed by atoms with van der Waals surface area (Å²) in [5.41, 5.74) is 0. The van der Waals surface area contributed by atoms with Gasteiger partial charge < -0.3 is 14.2 Å². The number of hydrogen-bond acceptors (Lipinski definition) is 6. The van der Waals surface area contributed by atoms with Crippen molar-refractivity contribution >= 4 is 17.9 Å². The fourth-order valence-corrected chi connectivity index (χ4v) is 7.82. The molecule has 0 radical (unpaired) electrons. The second-order valence-electron chi connectivity index (χ2n) is 19.5. The van der Waals surface area contributed by atoms with Crippen LogP contribution in [0.3, 0.4) is 0 Å². The molecule has 0 bridgehead atoms. The molecule has 0 N–H and O–H groups in total. The van der Waals surface area contributed by atoms with Crippen LogP contribution in [-0.4, -0.2) is 37.2 Å². The van der Waals surface area contributed by atoms with Crippen LogP contribution in [0.25, 0.3) is 0 Å². The van der Waals surface area contributed by atoms with Crippen LogP contribution in [0.5, 0.6) is 0 Å². The Morgan fingerprint density at radius 2 is 0.541 bits per heavy atom. The second-order valence-corrected chi connectivity index (χ2v) is 19.5. The Morgan fingerprint density at radius 3 is 0.878 bits per heavy atom. The molecule has 0 saturated carbocycles. The smallest absolute Gasteiger partial charge is 0.306 e. The Hall–Kier alpha value is -4.45. The average Bonchev–Trinajstić information content (AvgIpc) is 3.40. The molecule has 0 aliphatic carbocycles. The summed E-state index contributed by atoms with van der Waals surface area (Å²) in [6.07, 6.45) is 85.9. The minimum absolute atomic E-state index is 0.0999. The van der Waals surface area contributed by atoms with Crippen molar-refractivity contribution in [2.24, 2.45) is 0 Å². The topological polar surface area (TPSA) is 78.9 Å². The van der Waals surface area contributed by atoms with Gasteiger partial charge in [0.2, 0.25) is 0 Å². The maximum atomic E-state index is 12.8. The molecule has 0 aromatic rings. The van der Waals surface area contributed by atoms with Crippen LogP contribution in [0, 0.1) is 0 Å². The van der Waals surface area contributed by atoms with Gasteiger partial charge in [-0.2, -0.15) is 0 Å². The van der Waals surface area contributed by atoms with Crippen molar-refractivity contribution in [3.05, 3.63) is 134 Å². The SMILES string of the molecule is CC/C=C\C/C=C\C/C=C\C/C=C\C/C=C\C/C=C\C/C=C\C/C=C\CCCCCCC(=O)OCC(COC(=O)CCCCCCC/C=C\CCCC)OC(=O)CCCCCCC/C=C\C/C=C\CCCCCC. The molecule has 0 aliphatic rings. The third kappa shape index (κ3) is 58.4. The number of ether oxygens (including phenoxy) is 3. The van der Waals surface area contributed by atoms with E-state index in [0.29, 0.717) is 19.3 Å². The van der Waals surface area contributed by atoms with Crippen LogP contribution in [-0.2, 0) is 28.6 Å². The number of hydrogen-bond donors (Lipinski definition) is 0. The van der Waals surface area contributed by atoms with E-state index in [1.807, 2.05) is 0 Å². The lowest BCUT2D eigenvalue weighted by molar-refractivity contribution is -0.167. The van der Waals surface area contributed by atoms with Crippen LogP contribution in [0.4, 0.5) is 0 Å². The quantitative estimate of drug-likeness (QED) is 0.0261. The van der Waals surface area contributed by atoms with Gasteiger partial charge in [-0.25, -0.2) is 0 Å². The van der Waals surface area contributed by atoms with Crippen LogP contribution in [0.2, 0.25) is 0 Å². The summed E-state index contributed by atoms with van der Waals surface area (Å²) in [6, 6.07) is 0. The van der Waals surface area contributed by atoms with Gasteiger partial charge in [0, 0.05) is 19.3 Å². The van der Waals surface area contributed by atoms with E-state index in [1.54, 1.807) is 0 Å². The molecule has 6 nitrogen and oxygen atoms in total. The average molecular weight is 1020 g/mol. The molecule has 0 amide bonds. The van der Waals surface area contributed by atoms with Crippen molar-refractivity contribution in [2.45, 2.75) is 264 Å². The minimum atomic E-state index is -0.804. The highest BCUT2D eigenvalue weighted by Crippen LogP contribution is 2.13. The Labute approximate surface area is 455 Å². The lowest BCUT2D eigenvalue weighted by Crippen LogP contribution is -2.30. The highest BCUT2D eigenvalue weighted by Gasteiger charge is 2.19. The van der Waals surface area contributed by atoms with Crippen molar-refractivity contribution < 1.29 is 28.6 Å². The van der Waals surface area contributed by atoms with E-state index in [9.17, 15) is 14.4 Å². The van der Waals surface area contributed by atoms with Gasteiger partial charge in [0.15, 0.2) is 6.10 Å². The lowest BCUT2D eigenvalue weighted by atomic mass is 10.1. The monoisotopic (exact) mass is 1020 g/mol. The minimum Gasteiger partial charge on any atom is -0.462 e. The van der Waals surface area contributed by atoms with Crippen LogP contribution in [0.1, 0.15) is 258 Å². The summed E-state index contributed by atoms with van der Waals surface area (Å²) in [5.74, 6) is -0.952. The molecule has 0 aliphatic heterocycles. The Kier molecular flexibility index (Phi) is 57.4. The zero-order valence-electron chi connectivity index (χ0n) is 47.8. The van der Waals surface area contributed by atoms with Crippen LogP contribution < -0.4 is 0 Å². The summed E-state index contributed by atoms with van der Waals surface area (Å²) < 4.78 is 16.8. The summed E-state index contributed by atoms with van der Waals surface area (Å²) >= 11 is 0. The Balaban J connectivity index is 4.38. The normalized spacial score (nSPS) is 13.1. The van der Waals surface area contributed by atoms with E-state index >= 15 is 0 Å². The standard InChI is InChI=1S/C68H110O6/c1-4-7-10-13-16-19-22-24-26-28-29-30-31-32-33-34-35-36-37-38-39-40-42-43-46-49-52-55-58-61-67(70)73-64-65(63-72-66(69)60-57-54-51-48-45-21-18-15-12-9-6-3)74-68(71)62-59-56-53-50-47-44-41-27-25-23-20-17-14-11-8-5-2/h7,10,15-16,18-20,23-24,26-27,29-30,32-33,35-36,38-39,41-43,65H,4-6,8-9,11-14,17,21-22,25,28,31,34,37,40,44-64H2,1-3H3/b10-7-,18-15-,19-16-,23-20-,26-24-,30-29-,33-32-,36-35-,39-38-,41-27-,43-42-. The maximum absolute atomic E-state index is 12.8. The first kappa shape index (κ1) is 69.5. The van der Waals surface area contributed by atoms with E-state index in [4.69, 9.17) is 14.2 Å². The van der Waals surface area contributed by atoms with Crippen molar-refractivity contribution in [1.29, 1.82) is 0 Å². The second kappa shape index (κ2) is 61.1. The van der Waals surface area contributed by atoms with Gasteiger partial charge in [-0.3, -0.25) is 14.4 Å². The first-order valence-electron chi connectivity index (χ1n) is 30.2. The predicted molar refractivity (Wildman–Crippen MR) is 320 cm³/mol. The molecular formula is C68H110O6. The summed E-state index contributed by atoms with van der Waals surface area (Å²) in [7, 11) is 0. The summed E-state index contributed by atoms with van der Waals surface area (Å²) in [5, 5.41) is 0. The molecule has 0 spiro atoms. The molecule has 1 atom stereocenters. The third-order valence-corrected chi connectivity index (χ3v) is 12.4.